The minimum atomic E-state index is -0.338. The largest absolute Gasteiger partial charge is 0.393 e. The zero-order valence-corrected chi connectivity index (χ0v) is 14.6. The van der Waals surface area contributed by atoms with Crippen LogP contribution in [-0.2, 0) is 0 Å². The molecule has 0 fully saturated rings. The van der Waals surface area contributed by atoms with Crippen LogP contribution in [0.1, 0.15) is 10.4 Å². The zero-order valence-electron chi connectivity index (χ0n) is 14.6. The molecule has 4 aromatic rings. The highest BCUT2D eigenvalue weighted by Gasteiger charge is 2.11. The molecule has 0 radical (unpaired) electrons. The fourth-order valence-corrected chi connectivity index (χ4v) is 2.63. The van der Waals surface area contributed by atoms with E-state index in [4.69, 9.17) is 5.73 Å². The summed E-state index contributed by atoms with van der Waals surface area (Å²) in [6.07, 6.45) is 6.16. The smallest absolute Gasteiger partial charge is 0.269 e. The second kappa shape index (κ2) is 7.54. The number of benzene rings is 1. The van der Waals surface area contributed by atoms with Crippen molar-refractivity contribution in [1.82, 2.24) is 25.4 Å². The number of nitrogen functional groups attached to an aromatic ring is 1. The summed E-state index contributed by atoms with van der Waals surface area (Å²) in [5.74, 6) is 0.348. The third-order valence-electron chi connectivity index (χ3n) is 4.02. The summed E-state index contributed by atoms with van der Waals surface area (Å²) in [6, 6.07) is 12.7. The Morgan fingerprint density at radius 3 is 2.57 bits per heavy atom. The summed E-state index contributed by atoms with van der Waals surface area (Å²) < 4.78 is 0. The molecule has 0 bridgehead atoms. The molecule has 0 aliphatic heterocycles. The summed E-state index contributed by atoms with van der Waals surface area (Å²) in [7, 11) is 0. The van der Waals surface area contributed by atoms with E-state index >= 15 is 0 Å². The Balaban J connectivity index is 1.54. The molecule has 138 valence electrons. The number of fused-ring (bicyclic) bond motifs is 1. The monoisotopic (exact) mass is 372 g/mol. The Hall–Kier alpha value is -4.27. The molecular formula is C19H16N8O. The number of carbonyl (C=O) groups is 1. The standard InChI is InChI=1S/C19H16N8O/c20-16-17(25-15-5-1-4-14-13(15)3-2-8-22-14)23-11-24-18(16)26-27-19(28)12-6-9-21-10-7-12/h1-11H,20H2,(H,27,28)(H2,23,24,25,26). The molecule has 0 saturated carbocycles. The Morgan fingerprint density at radius 2 is 1.71 bits per heavy atom. The molecule has 1 aromatic carbocycles. The van der Waals surface area contributed by atoms with Gasteiger partial charge in [-0.2, -0.15) is 0 Å². The molecule has 9 nitrogen and oxygen atoms in total. The van der Waals surface area contributed by atoms with E-state index in [0.29, 0.717) is 11.4 Å². The summed E-state index contributed by atoms with van der Waals surface area (Å²) in [5.41, 5.74) is 13.8. The van der Waals surface area contributed by atoms with Crippen molar-refractivity contribution in [2.45, 2.75) is 0 Å². The van der Waals surface area contributed by atoms with Gasteiger partial charge < -0.3 is 11.1 Å². The van der Waals surface area contributed by atoms with Gasteiger partial charge >= 0.3 is 0 Å². The van der Waals surface area contributed by atoms with Crippen molar-refractivity contribution < 1.29 is 4.79 Å². The van der Waals surface area contributed by atoms with Crippen LogP contribution < -0.4 is 21.9 Å². The fourth-order valence-electron chi connectivity index (χ4n) is 2.63. The summed E-state index contributed by atoms with van der Waals surface area (Å²) in [6.45, 7) is 0. The minimum Gasteiger partial charge on any atom is -0.393 e. The SMILES string of the molecule is Nc1c(NNC(=O)c2ccncc2)ncnc1Nc1cccc2ncccc12. The normalized spacial score (nSPS) is 10.4. The molecule has 3 aromatic heterocycles. The molecule has 4 rings (SSSR count). The maximum absolute atomic E-state index is 12.1. The fraction of sp³-hybridized carbons (Fsp3) is 0. The number of nitrogens with zero attached hydrogens (tertiary/aromatic N) is 4. The maximum atomic E-state index is 12.1. The van der Waals surface area contributed by atoms with E-state index in [1.54, 1.807) is 18.3 Å². The van der Waals surface area contributed by atoms with Gasteiger partial charge in [0, 0.05) is 35.2 Å². The molecule has 3 heterocycles. The molecule has 0 unspecified atom stereocenters. The van der Waals surface area contributed by atoms with Crippen LogP contribution in [0.5, 0.6) is 0 Å². The van der Waals surface area contributed by atoms with E-state index in [9.17, 15) is 4.79 Å². The molecular weight excluding hydrogens is 356 g/mol. The van der Waals surface area contributed by atoms with Crippen LogP contribution in [0.2, 0.25) is 0 Å². The first-order valence-corrected chi connectivity index (χ1v) is 8.40. The van der Waals surface area contributed by atoms with Gasteiger partial charge in [0.05, 0.1) is 5.52 Å². The number of anilines is 4. The number of rotatable bonds is 5. The van der Waals surface area contributed by atoms with Crippen molar-refractivity contribution in [3.05, 3.63) is 72.9 Å². The number of pyridine rings is 2. The van der Waals surface area contributed by atoms with Crippen molar-refractivity contribution >= 4 is 39.8 Å². The van der Waals surface area contributed by atoms with Crippen LogP contribution in [0.25, 0.3) is 10.9 Å². The van der Waals surface area contributed by atoms with Crippen LogP contribution in [0.15, 0.2) is 67.4 Å². The molecule has 0 aliphatic rings. The zero-order chi connectivity index (χ0) is 19.3. The third-order valence-corrected chi connectivity index (χ3v) is 4.02. The van der Waals surface area contributed by atoms with E-state index in [2.05, 4.69) is 36.1 Å². The lowest BCUT2D eigenvalue weighted by Gasteiger charge is -2.14. The van der Waals surface area contributed by atoms with Crippen LogP contribution in [-0.4, -0.2) is 25.8 Å². The Kier molecular flexibility index (Phi) is 4.62. The average Bonchev–Trinajstić information content (AvgIpc) is 2.75. The van der Waals surface area contributed by atoms with Crippen molar-refractivity contribution in [3.63, 3.8) is 0 Å². The van der Waals surface area contributed by atoms with Crippen molar-refractivity contribution in [3.8, 4) is 0 Å². The van der Waals surface area contributed by atoms with Gasteiger partial charge in [0.25, 0.3) is 5.91 Å². The summed E-state index contributed by atoms with van der Waals surface area (Å²) >= 11 is 0. The number of hydrazine groups is 1. The van der Waals surface area contributed by atoms with Gasteiger partial charge in [-0.15, -0.1) is 0 Å². The van der Waals surface area contributed by atoms with Crippen LogP contribution >= 0.6 is 0 Å². The van der Waals surface area contributed by atoms with E-state index in [0.717, 1.165) is 16.6 Å². The second-order valence-corrected chi connectivity index (χ2v) is 5.80. The van der Waals surface area contributed by atoms with E-state index in [1.807, 2.05) is 30.3 Å². The molecule has 0 atom stereocenters. The Labute approximate surface area is 160 Å². The quantitative estimate of drug-likeness (QED) is 0.393. The molecule has 0 saturated heterocycles. The van der Waals surface area contributed by atoms with Crippen molar-refractivity contribution in [2.75, 3.05) is 16.5 Å². The Morgan fingerprint density at radius 1 is 0.893 bits per heavy atom. The van der Waals surface area contributed by atoms with Gasteiger partial charge in [0.1, 0.15) is 12.0 Å². The predicted molar refractivity (Wildman–Crippen MR) is 107 cm³/mol. The lowest BCUT2D eigenvalue weighted by Crippen LogP contribution is -2.30. The summed E-state index contributed by atoms with van der Waals surface area (Å²) in [5, 5.41) is 4.13. The molecule has 5 N–H and O–H groups in total. The van der Waals surface area contributed by atoms with Crippen LogP contribution in [0.4, 0.5) is 23.0 Å². The topological polar surface area (TPSA) is 131 Å². The van der Waals surface area contributed by atoms with E-state index < -0.39 is 0 Å². The van der Waals surface area contributed by atoms with Crippen molar-refractivity contribution in [2.24, 2.45) is 0 Å². The van der Waals surface area contributed by atoms with Crippen LogP contribution in [0.3, 0.4) is 0 Å². The minimum absolute atomic E-state index is 0.262. The molecule has 0 spiro atoms. The molecule has 28 heavy (non-hydrogen) atoms. The predicted octanol–water partition coefficient (Wildman–Crippen LogP) is 2.50. The lowest BCUT2D eigenvalue weighted by atomic mass is 10.2. The Bertz CT molecular complexity index is 1130. The number of nitrogens with two attached hydrogens (primary N) is 1. The molecule has 1 amide bonds. The molecule has 0 aliphatic carbocycles. The van der Waals surface area contributed by atoms with Gasteiger partial charge in [-0.05, 0) is 36.4 Å². The van der Waals surface area contributed by atoms with Crippen LogP contribution in [0, 0.1) is 0 Å². The van der Waals surface area contributed by atoms with E-state index in [1.165, 1.54) is 18.7 Å². The number of hydrogen-bond donors (Lipinski definition) is 4. The average molecular weight is 372 g/mol. The van der Waals surface area contributed by atoms with Gasteiger partial charge in [-0.25, -0.2) is 9.97 Å². The van der Waals surface area contributed by atoms with Gasteiger partial charge in [-0.3, -0.25) is 25.6 Å². The number of aromatic nitrogens is 4. The number of amides is 1. The maximum Gasteiger partial charge on any atom is 0.269 e. The van der Waals surface area contributed by atoms with Crippen molar-refractivity contribution in [1.29, 1.82) is 0 Å². The lowest BCUT2D eigenvalue weighted by molar-refractivity contribution is 0.0962. The number of carbonyl (C=O) groups excluding carboxylic acids is 1. The van der Waals surface area contributed by atoms with Gasteiger partial charge in [0.15, 0.2) is 11.6 Å². The van der Waals surface area contributed by atoms with E-state index in [-0.39, 0.29) is 17.4 Å². The third kappa shape index (κ3) is 3.49. The highest BCUT2D eigenvalue weighted by Crippen LogP contribution is 2.29. The molecule has 9 heteroatoms. The summed E-state index contributed by atoms with van der Waals surface area (Å²) in [4.78, 5) is 28.6. The first-order valence-electron chi connectivity index (χ1n) is 8.40. The van der Waals surface area contributed by atoms with Gasteiger partial charge in [-0.1, -0.05) is 6.07 Å². The number of nitrogens with one attached hydrogen (secondary N) is 3. The van der Waals surface area contributed by atoms with Gasteiger partial charge in [0.2, 0.25) is 0 Å². The highest BCUT2D eigenvalue weighted by molar-refractivity contribution is 5.96. The first-order chi connectivity index (χ1) is 13.7. The highest BCUT2D eigenvalue weighted by atomic mass is 16.2. The second-order valence-electron chi connectivity index (χ2n) is 5.80. The first kappa shape index (κ1) is 17.2. The number of hydrogen-bond acceptors (Lipinski definition) is 8.